The Labute approximate surface area is 297 Å². The first-order valence-corrected chi connectivity index (χ1v) is 15.9. The number of carbonyl (C=O) groups is 2. The number of benzene rings is 2. The van der Waals surface area contributed by atoms with Crippen molar-refractivity contribution in [1.82, 2.24) is 9.13 Å². The Morgan fingerprint density at radius 2 is 1.02 bits per heavy atom. The molecular weight excluding hydrogens is 672 g/mol. The summed E-state index contributed by atoms with van der Waals surface area (Å²) in [5.74, 6) is -2.10. The van der Waals surface area contributed by atoms with Gasteiger partial charge in [0.2, 0.25) is 0 Å². The average molecular weight is 707 g/mol. The van der Waals surface area contributed by atoms with Crippen LogP contribution in [0, 0.1) is 36.5 Å². The summed E-state index contributed by atoms with van der Waals surface area (Å²) in [6.45, 7) is 3.08. The van der Waals surface area contributed by atoms with Crippen LogP contribution in [0.4, 0.5) is 22.7 Å². The van der Waals surface area contributed by atoms with E-state index < -0.39 is 34.8 Å². The van der Waals surface area contributed by atoms with Gasteiger partial charge in [-0.1, -0.05) is 37.1 Å². The van der Waals surface area contributed by atoms with Crippen molar-refractivity contribution < 1.29 is 29.3 Å². The predicted molar refractivity (Wildman–Crippen MR) is 186 cm³/mol. The average Bonchev–Trinajstić information content (AvgIpc) is 3.16. The molecule has 2 N–H and O–H groups in total. The molecule has 0 aliphatic carbocycles. The SMILES string of the molecule is COC(=O)c1ccccc1N=Nc1c(C#N)c(C)c(O)n(CCCCCCn2c(O)c(C)c(C#N)c(N=Nc3ccccc3C(=O)OC)c2=O)c1=O. The maximum absolute atomic E-state index is 13.4. The van der Waals surface area contributed by atoms with Crippen LogP contribution in [0.25, 0.3) is 0 Å². The molecule has 16 nitrogen and oxygen atoms in total. The van der Waals surface area contributed by atoms with Gasteiger partial charge in [-0.3, -0.25) is 18.7 Å². The summed E-state index contributed by atoms with van der Waals surface area (Å²) < 4.78 is 11.7. The van der Waals surface area contributed by atoms with Crippen molar-refractivity contribution in [2.24, 2.45) is 20.5 Å². The lowest BCUT2D eigenvalue weighted by Crippen LogP contribution is -2.22. The maximum atomic E-state index is 13.4. The lowest BCUT2D eigenvalue weighted by molar-refractivity contribution is 0.0592. The van der Waals surface area contributed by atoms with Crippen LogP contribution >= 0.6 is 0 Å². The van der Waals surface area contributed by atoms with E-state index >= 15 is 0 Å². The van der Waals surface area contributed by atoms with Crippen molar-refractivity contribution in [2.45, 2.75) is 52.6 Å². The van der Waals surface area contributed by atoms with E-state index in [1.807, 2.05) is 12.1 Å². The lowest BCUT2D eigenvalue weighted by Gasteiger charge is -2.14. The molecule has 0 radical (unpaired) electrons. The number of unbranched alkanes of at least 4 members (excludes halogenated alkanes) is 3. The third kappa shape index (κ3) is 7.92. The zero-order valence-electron chi connectivity index (χ0n) is 28.8. The van der Waals surface area contributed by atoms with Gasteiger partial charge in [-0.15, -0.1) is 20.5 Å². The quantitative estimate of drug-likeness (QED) is 0.0876. The summed E-state index contributed by atoms with van der Waals surface area (Å²) in [7, 11) is 2.43. The van der Waals surface area contributed by atoms with Crippen molar-refractivity contribution in [1.29, 1.82) is 10.5 Å². The standard InChI is InChI=1S/C36H34N8O8/c1-21-25(19-37)29(41-39-27-15-9-7-13-23(27)35(49)51-3)33(47)43(31(21)45)17-11-5-6-12-18-44-32(46)22(2)26(20-38)30(34(44)48)42-40-28-16-10-8-14-24(28)36(50)52-4/h7-10,13-16,45-46H,5-6,11-12,17-18H2,1-4H3. The van der Waals surface area contributed by atoms with E-state index in [0.29, 0.717) is 25.7 Å². The topological polar surface area (TPSA) is 234 Å². The van der Waals surface area contributed by atoms with Gasteiger partial charge in [-0.25, -0.2) is 9.59 Å². The summed E-state index contributed by atoms with van der Waals surface area (Å²) in [4.78, 5) is 51.1. The number of nitrogens with zero attached hydrogens (tertiary/aromatic N) is 8. The number of aromatic nitrogens is 2. The van der Waals surface area contributed by atoms with Crippen molar-refractivity contribution >= 4 is 34.7 Å². The number of carbonyl (C=O) groups excluding carboxylic acids is 2. The molecule has 0 spiro atoms. The van der Waals surface area contributed by atoms with Gasteiger partial charge in [0.15, 0.2) is 23.1 Å². The Bertz CT molecular complexity index is 2130. The summed E-state index contributed by atoms with van der Waals surface area (Å²) in [5, 5.41) is 57.1. The van der Waals surface area contributed by atoms with Gasteiger partial charge in [0, 0.05) is 24.2 Å². The van der Waals surface area contributed by atoms with Crippen LogP contribution in [-0.2, 0) is 22.6 Å². The van der Waals surface area contributed by atoms with Crippen LogP contribution in [0.1, 0.15) is 68.7 Å². The van der Waals surface area contributed by atoms with Gasteiger partial charge >= 0.3 is 11.9 Å². The van der Waals surface area contributed by atoms with Crippen LogP contribution < -0.4 is 11.1 Å². The predicted octanol–water partition coefficient (Wildman–Crippen LogP) is 6.45. The first kappa shape index (κ1) is 37.9. The molecule has 2 aromatic carbocycles. The minimum Gasteiger partial charge on any atom is -0.494 e. The molecule has 0 aliphatic rings. The smallest absolute Gasteiger partial charge is 0.340 e. The van der Waals surface area contributed by atoms with Crippen molar-refractivity contribution in [2.75, 3.05) is 14.2 Å². The summed E-state index contributed by atoms with van der Waals surface area (Å²) in [6.07, 6.45) is 1.89. The van der Waals surface area contributed by atoms with E-state index in [9.17, 15) is 39.9 Å². The second-order valence-electron chi connectivity index (χ2n) is 11.3. The number of aromatic hydroxyl groups is 2. The molecule has 0 saturated heterocycles. The third-order valence-electron chi connectivity index (χ3n) is 8.17. The van der Waals surface area contributed by atoms with E-state index in [1.54, 1.807) is 24.3 Å². The van der Waals surface area contributed by atoms with Crippen LogP contribution in [-0.4, -0.2) is 45.5 Å². The molecule has 0 unspecified atom stereocenters. The van der Waals surface area contributed by atoms with Gasteiger partial charge < -0.3 is 19.7 Å². The second kappa shape index (κ2) is 17.1. The largest absolute Gasteiger partial charge is 0.494 e. The fourth-order valence-corrected chi connectivity index (χ4v) is 5.31. The van der Waals surface area contributed by atoms with Crippen molar-refractivity contribution in [3.63, 3.8) is 0 Å². The number of pyridine rings is 2. The van der Waals surface area contributed by atoms with Crippen LogP contribution in [0.5, 0.6) is 11.8 Å². The number of methoxy groups -OCH3 is 2. The van der Waals surface area contributed by atoms with Crippen LogP contribution in [0.2, 0.25) is 0 Å². The number of hydrogen-bond donors (Lipinski definition) is 2. The van der Waals surface area contributed by atoms with Crippen LogP contribution in [0.15, 0.2) is 78.6 Å². The Balaban J connectivity index is 1.50. The van der Waals surface area contributed by atoms with Crippen molar-refractivity contribution in [3.05, 3.63) is 103 Å². The summed E-state index contributed by atoms with van der Waals surface area (Å²) in [5.41, 5.74) is -1.70. The highest BCUT2D eigenvalue weighted by atomic mass is 16.5. The van der Waals surface area contributed by atoms with Gasteiger partial charge in [0.05, 0.1) is 36.5 Å². The molecule has 0 fully saturated rings. The molecule has 4 aromatic rings. The maximum Gasteiger partial charge on any atom is 0.340 e. The Kier molecular flexibility index (Phi) is 12.5. The van der Waals surface area contributed by atoms with E-state index in [1.165, 1.54) is 52.3 Å². The zero-order chi connectivity index (χ0) is 37.9. The molecule has 2 aromatic heterocycles. The number of hydrogen-bond acceptors (Lipinski definition) is 14. The first-order chi connectivity index (χ1) is 25.0. The van der Waals surface area contributed by atoms with E-state index in [4.69, 9.17) is 9.47 Å². The van der Waals surface area contributed by atoms with Gasteiger partial charge in [0.25, 0.3) is 11.1 Å². The zero-order valence-corrected chi connectivity index (χ0v) is 28.8. The van der Waals surface area contributed by atoms with Crippen LogP contribution in [0.3, 0.4) is 0 Å². The highest BCUT2D eigenvalue weighted by molar-refractivity contribution is 5.95. The van der Waals surface area contributed by atoms with E-state index in [2.05, 4.69) is 20.5 Å². The molecule has 2 heterocycles. The molecule has 16 heteroatoms. The number of rotatable bonds is 13. The number of nitriles is 2. The van der Waals surface area contributed by atoms with E-state index in [-0.39, 0.29) is 69.2 Å². The molecule has 0 atom stereocenters. The lowest BCUT2D eigenvalue weighted by atomic mass is 10.1. The highest BCUT2D eigenvalue weighted by Gasteiger charge is 2.21. The molecule has 0 amide bonds. The number of esters is 2. The monoisotopic (exact) mass is 706 g/mol. The number of azo groups is 2. The number of ether oxygens (including phenoxy) is 2. The molecule has 52 heavy (non-hydrogen) atoms. The third-order valence-corrected chi connectivity index (χ3v) is 8.17. The van der Waals surface area contributed by atoms with Crippen molar-refractivity contribution in [3.8, 4) is 23.9 Å². The molecule has 266 valence electrons. The molecule has 0 aliphatic heterocycles. The molecule has 0 saturated carbocycles. The second-order valence-corrected chi connectivity index (χ2v) is 11.3. The molecular formula is C36H34N8O8. The van der Waals surface area contributed by atoms with Gasteiger partial charge in [-0.05, 0) is 51.0 Å². The van der Waals surface area contributed by atoms with Gasteiger partial charge in [-0.2, -0.15) is 10.5 Å². The van der Waals surface area contributed by atoms with Gasteiger partial charge in [0.1, 0.15) is 23.5 Å². The fourth-order valence-electron chi connectivity index (χ4n) is 5.31. The Hall–Kier alpha value is -6.94. The molecule has 0 bridgehead atoms. The summed E-state index contributed by atoms with van der Waals surface area (Å²) in [6, 6.07) is 16.2. The Morgan fingerprint density at radius 3 is 1.37 bits per heavy atom. The minimum absolute atomic E-state index is 0.0667. The first-order valence-electron chi connectivity index (χ1n) is 15.9. The fraction of sp³-hybridized carbons (Fsp3) is 0.278. The highest BCUT2D eigenvalue weighted by Crippen LogP contribution is 2.30. The minimum atomic E-state index is -0.751. The summed E-state index contributed by atoms with van der Waals surface area (Å²) >= 11 is 0. The molecule has 4 rings (SSSR count). The Morgan fingerprint density at radius 1 is 0.654 bits per heavy atom. The van der Waals surface area contributed by atoms with E-state index in [0.717, 1.165) is 9.13 Å². The normalized spacial score (nSPS) is 11.0.